The lowest BCUT2D eigenvalue weighted by molar-refractivity contribution is -0.00638. The molecule has 1 aromatic rings. The van der Waals surface area contributed by atoms with Gasteiger partial charge in [0.25, 0.3) is 0 Å². The molecule has 0 bridgehead atoms. The molecule has 0 aliphatic carbocycles. The van der Waals surface area contributed by atoms with E-state index in [4.69, 9.17) is 4.74 Å². The summed E-state index contributed by atoms with van der Waals surface area (Å²) in [6.07, 6.45) is -0.219. The fraction of sp³-hybridized carbons (Fsp3) is 0.533. The van der Waals surface area contributed by atoms with Gasteiger partial charge in [0.1, 0.15) is 5.60 Å². The number of nitrogens with zero attached hydrogens (tertiary/aromatic N) is 1. The number of halogens is 1. The van der Waals surface area contributed by atoms with Gasteiger partial charge in [0, 0.05) is 35.4 Å². The fourth-order valence-corrected chi connectivity index (χ4v) is 3.76. The molecule has 5 heteroatoms. The second kappa shape index (κ2) is 4.38. The molecule has 0 aromatic heterocycles. The van der Waals surface area contributed by atoms with Gasteiger partial charge in [-0.2, -0.15) is 0 Å². The molecule has 4 nitrogen and oxygen atoms in total. The number of nitrogens with one attached hydrogen (secondary N) is 1. The van der Waals surface area contributed by atoms with Crippen molar-refractivity contribution in [3.63, 3.8) is 0 Å². The quantitative estimate of drug-likeness (QED) is 0.788. The van der Waals surface area contributed by atoms with Crippen LogP contribution in [0.1, 0.15) is 26.3 Å². The Labute approximate surface area is 127 Å². The van der Waals surface area contributed by atoms with Crippen molar-refractivity contribution in [1.29, 1.82) is 0 Å². The zero-order valence-electron chi connectivity index (χ0n) is 12.0. The van der Waals surface area contributed by atoms with Crippen LogP contribution in [0.15, 0.2) is 22.7 Å². The van der Waals surface area contributed by atoms with Crippen LogP contribution in [0.4, 0.5) is 10.5 Å². The molecule has 1 spiro atoms. The number of amides is 1. The summed E-state index contributed by atoms with van der Waals surface area (Å²) < 4.78 is 6.53. The topological polar surface area (TPSA) is 41.6 Å². The number of rotatable bonds is 0. The Morgan fingerprint density at radius 3 is 2.75 bits per heavy atom. The number of likely N-dealkylation sites (tertiary alicyclic amines) is 1. The van der Waals surface area contributed by atoms with Gasteiger partial charge in [0.2, 0.25) is 0 Å². The van der Waals surface area contributed by atoms with Gasteiger partial charge in [-0.1, -0.05) is 22.0 Å². The van der Waals surface area contributed by atoms with Crippen LogP contribution < -0.4 is 5.32 Å². The Morgan fingerprint density at radius 2 is 2.10 bits per heavy atom. The molecule has 0 atom stereocenters. The number of benzene rings is 1. The summed E-state index contributed by atoms with van der Waals surface area (Å²) >= 11 is 3.63. The molecule has 1 N–H and O–H groups in total. The lowest BCUT2D eigenvalue weighted by atomic mass is 9.75. The van der Waals surface area contributed by atoms with E-state index in [0.29, 0.717) is 13.1 Å². The molecular weight excluding hydrogens is 320 g/mol. The molecule has 3 rings (SSSR count). The zero-order valence-corrected chi connectivity index (χ0v) is 13.6. The highest BCUT2D eigenvalue weighted by Gasteiger charge is 2.52. The molecule has 2 aliphatic heterocycles. The third-order valence-corrected chi connectivity index (χ3v) is 4.46. The van der Waals surface area contributed by atoms with Crippen LogP contribution in [0.3, 0.4) is 0 Å². The molecule has 0 radical (unpaired) electrons. The maximum absolute atomic E-state index is 12.0. The van der Waals surface area contributed by atoms with Gasteiger partial charge in [0.05, 0.1) is 5.41 Å². The number of anilines is 1. The van der Waals surface area contributed by atoms with Gasteiger partial charge in [-0.05, 0) is 32.9 Å². The monoisotopic (exact) mass is 338 g/mol. The predicted octanol–water partition coefficient (Wildman–Crippen LogP) is 3.36. The summed E-state index contributed by atoms with van der Waals surface area (Å²) in [4.78, 5) is 13.8. The number of hydrogen-bond acceptors (Lipinski definition) is 3. The molecule has 1 fully saturated rings. The van der Waals surface area contributed by atoms with Crippen LogP contribution in [-0.4, -0.2) is 36.2 Å². The normalized spacial score (nSPS) is 19.3. The summed E-state index contributed by atoms with van der Waals surface area (Å²) in [5, 5.41) is 3.43. The molecule has 0 saturated carbocycles. The van der Waals surface area contributed by atoms with Gasteiger partial charge < -0.3 is 15.0 Å². The van der Waals surface area contributed by atoms with Crippen LogP contribution in [0.5, 0.6) is 0 Å². The molecular formula is C15H19BrN2O2. The number of hydrogen-bond donors (Lipinski definition) is 1. The summed E-state index contributed by atoms with van der Waals surface area (Å²) in [6, 6.07) is 6.17. The van der Waals surface area contributed by atoms with Gasteiger partial charge in [-0.25, -0.2) is 4.79 Å². The molecule has 1 saturated heterocycles. The van der Waals surface area contributed by atoms with Crippen LogP contribution in [-0.2, 0) is 10.2 Å². The van der Waals surface area contributed by atoms with E-state index in [0.717, 1.165) is 11.0 Å². The fourth-order valence-electron chi connectivity index (χ4n) is 2.97. The Balaban J connectivity index is 1.74. The third-order valence-electron chi connectivity index (χ3n) is 3.80. The van der Waals surface area contributed by atoms with Crippen LogP contribution in [0.2, 0.25) is 0 Å². The lowest BCUT2D eigenvalue weighted by Crippen LogP contribution is -2.63. The molecule has 2 aliphatic rings. The van der Waals surface area contributed by atoms with Crippen molar-refractivity contribution in [3.8, 4) is 0 Å². The molecule has 20 heavy (non-hydrogen) atoms. The van der Waals surface area contributed by atoms with Crippen LogP contribution in [0, 0.1) is 0 Å². The Kier molecular flexibility index (Phi) is 3.01. The summed E-state index contributed by atoms with van der Waals surface area (Å²) in [6.45, 7) is 7.98. The van der Waals surface area contributed by atoms with Crippen molar-refractivity contribution in [3.05, 3.63) is 28.2 Å². The largest absolute Gasteiger partial charge is 0.444 e. The Morgan fingerprint density at radius 1 is 1.40 bits per heavy atom. The predicted molar refractivity (Wildman–Crippen MR) is 82.1 cm³/mol. The molecule has 2 heterocycles. The molecule has 108 valence electrons. The smallest absolute Gasteiger partial charge is 0.410 e. The highest BCUT2D eigenvalue weighted by molar-refractivity contribution is 9.10. The van der Waals surface area contributed by atoms with Crippen LogP contribution >= 0.6 is 15.9 Å². The van der Waals surface area contributed by atoms with Crippen molar-refractivity contribution in [2.24, 2.45) is 0 Å². The van der Waals surface area contributed by atoms with Gasteiger partial charge in [0.15, 0.2) is 0 Å². The minimum atomic E-state index is -0.438. The van der Waals surface area contributed by atoms with Crippen molar-refractivity contribution < 1.29 is 9.53 Å². The van der Waals surface area contributed by atoms with Gasteiger partial charge in [-0.3, -0.25) is 0 Å². The SMILES string of the molecule is CC(C)(C)OC(=O)N1CC2(CNc3cccc(Br)c32)C1. The second-order valence-corrected chi connectivity index (χ2v) is 7.49. The zero-order chi connectivity index (χ0) is 14.5. The highest BCUT2D eigenvalue weighted by atomic mass is 79.9. The molecule has 0 unspecified atom stereocenters. The number of carbonyl (C=O) groups is 1. The second-order valence-electron chi connectivity index (χ2n) is 6.63. The number of carbonyl (C=O) groups excluding carboxylic acids is 1. The Bertz CT molecular complexity index is 559. The van der Waals surface area contributed by atoms with Crippen molar-refractivity contribution in [1.82, 2.24) is 4.90 Å². The highest BCUT2D eigenvalue weighted by Crippen LogP contribution is 2.46. The average molecular weight is 339 g/mol. The van der Waals surface area contributed by atoms with E-state index in [2.05, 4.69) is 33.4 Å². The standard InChI is InChI=1S/C15H19BrN2O2/c1-14(2,3)20-13(19)18-8-15(9-18)7-17-11-6-4-5-10(16)12(11)15/h4-6,17H,7-9H2,1-3H3. The van der Waals surface area contributed by atoms with E-state index in [1.54, 1.807) is 4.90 Å². The maximum Gasteiger partial charge on any atom is 0.410 e. The van der Waals surface area contributed by atoms with E-state index < -0.39 is 5.60 Å². The Hall–Kier alpha value is -1.23. The van der Waals surface area contributed by atoms with E-state index in [1.807, 2.05) is 26.8 Å². The van der Waals surface area contributed by atoms with E-state index in [1.165, 1.54) is 11.3 Å². The summed E-state index contributed by atoms with van der Waals surface area (Å²) in [5.41, 5.74) is 2.06. The van der Waals surface area contributed by atoms with Crippen LogP contribution in [0.25, 0.3) is 0 Å². The van der Waals surface area contributed by atoms with E-state index in [-0.39, 0.29) is 11.5 Å². The summed E-state index contributed by atoms with van der Waals surface area (Å²) in [5.74, 6) is 0. The molecule has 1 aromatic carbocycles. The number of fused-ring (bicyclic) bond motifs is 2. The minimum Gasteiger partial charge on any atom is -0.444 e. The first kappa shape index (κ1) is 13.7. The van der Waals surface area contributed by atoms with Crippen molar-refractivity contribution in [2.45, 2.75) is 31.8 Å². The first-order valence-corrected chi connectivity index (χ1v) is 7.61. The van der Waals surface area contributed by atoms with E-state index in [9.17, 15) is 4.79 Å². The van der Waals surface area contributed by atoms with Crippen molar-refractivity contribution >= 4 is 27.7 Å². The average Bonchev–Trinajstić information content (AvgIpc) is 2.65. The van der Waals surface area contributed by atoms with Gasteiger partial charge >= 0.3 is 6.09 Å². The first-order valence-electron chi connectivity index (χ1n) is 6.82. The van der Waals surface area contributed by atoms with Crippen molar-refractivity contribution in [2.75, 3.05) is 25.0 Å². The summed E-state index contributed by atoms with van der Waals surface area (Å²) in [7, 11) is 0. The molecule has 1 amide bonds. The van der Waals surface area contributed by atoms with E-state index >= 15 is 0 Å². The third kappa shape index (κ3) is 2.18. The maximum atomic E-state index is 12.0. The first-order chi connectivity index (χ1) is 9.31. The lowest BCUT2D eigenvalue weighted by Gasteiger charge is -2.48. The number of ether oxygens (including phenoxy) is 1. The van der Waals surface area contributed by atoms with Gasteiger partial charge in [-0.15, -0.1) is 0 Å². The minimum absolute atomic E-state index is 0.0341.